The molecule has 138 valence electrons. The Kier molecular flexibility index (Phi) is 5.23. The van der Waals surface area contributed by atoms with Crippen LogP contribution in [0.4, 0.5) is 0 Å². The zero-order valence-corrected chi connectivity index (χ0v) is 15.2. The predicted octanol–water partition coefficient (Wildman–Crippen LogP) is 3.31. The van der Waals surface area contributed by atoms with Crippen LogP contribution in [0.15, 0.2) is 60.7 Å². The van der Waals surface area contributed by atoms with E-state index in [4.69, 9.17) is 0 Å². The number of hydrogen-bond donors (Lipinski definition) is 0. The Labute approximate surface area is 158 Å². The highest BCUT2D eigenvalue weighted by atomic mass is 16.2. The molecule has 27 heavy (non-hydrogen) atoms. The third-order valence-electron chi connectivity index (χ3n) is 4.74. The van der Waals surface area contributed by atoms with Gasteiger partial charge in [0.25, 0.3) is 0 Å². The van der Waals surface area contributed by atoms with E-state index >= 15 is 0 Å². The van der Waals surface area contributed by atoms with Gasteiger partial charge in [-0.2, -0.15) is 4.80 Å². The molecule has 1 heterocycles. The summed E-state index contributed by atoms with van der Waals surface area (Å²) < 4.78 is 0. The van der Waals surface area contributed by atoms with Crippen LogP contribution in [-0.4, -0.2) is 37.1 Å². The molecular weight excluding hydrogens is 338 g/mol. The van der Waals surface area contributed by atoms with Gasteiger partial charge in [0.15, 0.2) is 0 Å². The second-order valence-electron chi connectivity index (χ2n) is 6.92. The predicted molar refractivity (Wildman–Crippen MR) is 103 cm³/mol. The van der Waals surface area contributed by atoms with Crippen LogP contribution in [-0.2, 0) is 17.9 Å². The lowest BCUT2D eigenvalue weighted by molar-refractivity contribution is -0.132. The first-order valence-electron chi connectivity index (χ1n) is 9.46. The monoisotopic (exact) mass is 361 g/mol. The van der Waals surface area contributed by atoms with E-state index < -0.39 is 0 Å². The van der Waals surface area contributed by atoms with Gasteiger partial charge in [0, 0.05) is 24.6 Å². The van der Waals surface area contributed by atoms with Crippen molar-refractivity contribution in [3.05, 3.63) is 66.2 Å². The van der Waals surface area contributed by atoms with Crippen LogP contribution in [0.25, 0.3) is 11.4 Å². The maximum absolute atomic E-state index is 12.7. The lowest BCUT2D eigenvalue weighted by atomic mass is 10.2. The highest BCUT2D eigenvalue weighted by molar-refractivity contribution is 5.76. The van der Waals surface area contributed by atoms with E-state index in [1.54, 1.807) is 4.80 Å². The van der Waals surface area contributed by atoms with Gasteiger partial charge in [-0.15, -0.1) is 10.2 Å². The molecule has 0 saturated heterocycles. The summed E-state index contributed by atoms with van der Waals surface area (Å²) in [6.07, 6.45) is 3.44. The maximum atomic E-state index is 12.7. The van der Waals surface area contributed by atoms with Crippen LogP contribution in [0.1, 0.15) is 31.2 Å². The molecule has 6 nitrogen and oxygen atoms in total. The van der Waals surface area contributed by atoms with Crippen molar-refractivity contribution in [2.75, 3.05) is 0 Å². The molecule has 0 aliphatic heterocycles. The molecule has 0 N–H and O–H groups in total. The minimum atomic E-state index is 0.213. The summed E-state index contributed by atoms with van der Waals surface area (Å²) in [6, 6.07) is 20.4. The molecule has 1 aliphatic rings. The van der Waals surface area contributed by atoms with Gasteiger partial charge in [-0.05, 0) is 30.0 Å². The van der Waals surface area contributed by atoms with Crippen molar-refractivity contribution < 1.29 is 4.79 Å². The van der Waals surface area contributed by atoms with Crippen molar-refractivity contribution in [2.24, 2.45) is 0 Å². The number of aromatic nitrogens is 4. The summed E-state index contributed by atoms with van der Waals surface area (Å²) in [7, 11) is 0. The molecule has 1 amide bonds. The zero-order valence-electron chi connectivity index (χ0n) is 15.2. The summed E-state index contributed by atoms with van der Waals surface area (Å²) >= 11 is 0. The summed E-state index contributed by atoms with van der Waals surface area (Å²) in [5, 5.41) is 12.6. The van der Waals surface area contributed by atoms with Crippen molar-refractivity contribution in [3.8, 4) is 11.4 Å². The number of hydrogen-bond acceptors (Lipinski definition) is 4. The molecule has 1 aliphatic carbocycles. The largest absolute Gasteiger partial charge is 0.335 e. The van der Waals surface area contributed by atoms with E-state index in [2.05, 4.69) is 27.5 Å². The minimum absolute atomic E-state index is 0.213. The first-order valence-corrected chi connectivity index (χ1v) is 9.46. The van der Waals surface area contributed by atoms with Crippen LogP contribution in [0.3, 0.4) is 0 Å². The Morgan fingerprint density at radius 2 is 1.74 bits per heavy atom. The zero-order chi connectivity index (χ0) is 18.5. The molecule has 0 bridgehead atoms. The molecule has 0 unspecified atom stereocenters. The number of carbonyl (C=O) groups excluding carboxylic acids is 1. The van der Waals surface area contributed by atoms with Crippen molar-refractivity contribution in [3.63, 3.8) is 0 Å². The van der Waals surface area contributed by atoms with Gasteiger partial charge in [-0.3, -0.25) is 4.79 Å². The maximum Gasteiger partial charge on any atom is 0.223 e. The van der Waals surface area contributed by atoms with Crippen molar-refractivity contribution in [1.82, 2.24) is 25.1 Å². The van der Waals surface area contributed by atoms with E-state index in [0.29, 0.717) is 37.8 Å². The summed E-state index contributed by atoms with van der Waals surface area (Å²) in [5.74, 6) is 0.829. The molecule has 1 saturated carbocycles. The highest BCUT2D eigenvalue weighted by Gasteiger charge is 2.32. The number of rotatable bonds is 8. The van der Waals surface area contributed by atoms with Crippen LogP contribution in [0.2, 0.25) is 0 Å². The second-order valence-corrected chi connectivity index (χ2v) is 6.92. The fraction of sp³-hybridized carbons (Fsp3) is 0.333. The minimum Gasteiger partial charge on any atom is -0.335 e. The Bertz CT molecular complexity index is 874. The van der Waals surface area contributed by atoms with Gasteiger partial charge in [-0.1, -0.05) is 60.7 Å². The number of carbonyl (C=O) groups is 1. The van der Waals surface area contributed by atoms with Gasteiger partial charge in [0.05, 0.1) is 6.54 Å². The number of amides is 1. The fourth-order valence-electron chi connectivity index (χ4n) is 3.14. The topological polar surface area (TPSA) is 63.9 Å². The van der Waals surface area contributed by atoms with E-state index in [1.807, 2.05) is 53.4 Å². The first kappa shape index (κ1) is 17.4. The fourth-order valence-corrected chi connectivity index (χ4v) is 3.14. The summed E-state index contributed by atoms with van der Waals surface area (Å²) in [5.41, 5.74) is 2.13. The second kappa shape index (κ2) is 8.12. The SMILES string of the molecule is O=C(CCCn1nnc(-c2ccccc2)n1)N(Cc1ccccc1)C1CC1. The Balaban J connectivity index is 1.30. The van der Waals surface area contributed by atoms with Gasteiger partial charge in [0.1, 0.15) is 0 Å². The number of nitrogens with zero attached hydrogens (tertiary/aromatic N) is 5. The lowest BCUT2D eigenvalue weighted by Gasteiger charge is -2.22. The number of tetrazole rings is 1. The van der Waals surface area contributed by atoms with Crippen LogP contribution >= 0.6 is 0 Å². The average molecular weight is 361 g/mol. The standard InChI is InChI=1S/C21H23N5O/c27-20(25(19-13-14-19)16-17-8-3-1-4-9-17)12-7-15-26-23-21(22-24-26)18-10-5-2-6-11-18/h1-6,8-11,19H,7,12-16H2. The van der Waals surface area contributed by atoms with Gasteiger partial charge < -0.3 is 4.90 Å². The number of aryl methyl sites for hydroxylation is 1. The van der Waals surface area contributed by atoms with Gasteiger partial charge in [0.2, 0.25) is 11.7 Å². The highest BCUT2D eigenvalue weighted by Crippen LogP contribution is 2.29. The smallest absolute Gasteiger partial charge is 0.223 e. The normalized spacial score (nSPS) is 13.5. The van der Waals surface area contributed by atoms with Crippen molar-refractivity contribution in [2.45, 2.75) is 44.8 Å². The quantitative estimate of drug-likeness (QED) is 0.617. The Morgan fingerprint density at radius 3 is 2.44 bits per heavy atom. The molecular formula is C21H23N5O. The molecule has 0 radical (unpaired) electrons. The molecule has 0 spiro atoms. The summed E-state index contributed by atoms with van der Waals surface area (Å²) in [6.45, 7) is 1.29. The van der Waals surface area contributed by atoms with E-state index in [-0.39, 0.29) is 5.91 Å². The third-order valence-corrected chi connectivity index (χ3v) is 4.74. The first-order chi connectivity index (χ1) is 13.3. The molecule has 1 aromatic heterocycles. The molecule has 3 aromatic rings. The molecule has 0 atom stereocenters. The van der Waals surface area contributed by atoms with E-state index in [1.165, 1.54) is 5.56 Å². The molecule has 4 rings (SSSR count). The Hall–Kier alpha value is -3.02. The molecule has 1 fully saturated rings. The molecule has 6 heteroatoms. The van der Waals surface area contributed by atoms with Crippen LogP contribution in [0.5, 0.6) is 0 Å². The average Bonchev–Trinajstić information content (AvgIpc) is 3.45. The third kappa shape index (κ3) is 4.58. The molecule has 2 aromatic carbocycles. The number of benzene rings is 2. The Morgan fingerprint density at radius 1 is 1.04 bits per heavy atom. The van der Waals surface area contributed by atoms with Crippen molar-refractivity contribution in [1.29, 1.82) is 0 Å². The van der Waals surface area contributed by atoms with Crippen LogP contribution in [0, 0.1) is 0 Å². The summed E-state index contributed by atoms with van der Waals surface area (Å²) in [4.78, 5) is 16.3. The van der Waals surface area contributed by atoms with E-state index in [9.17, 15) is 4.79 Å². The van der Waals surface area contributed by atoms with Crippen molar-refractivity contribution >= 4 is 5.91 Å². The lowest BCUT2D eigenvalue weighted by Crippen LogP contribution is -2.32. The van der Waals surface area contributed by atoms with Crippen LogP contribution < -0.4 is 0 Å². The van der Waals surface area contributed by atoms with E-state index in [0.717, 1.165) is 18.4 Å². The van der Waals surface area contributed by atoms with Gasteiger partial charge in [-0.25, -0.2) is 0 Å². The van der Waals surface area contributed by atoms with Gasteiger partial charge >= 0.3 is 0 Å².